The zero-order chi connectivity index (χ0) is 18.0. The van der Waals surface area contributed by atoms with Crippen molar-refractivity contribution in [1.82, 2.24) is 4.90 Å². The summed E-state index contributed by atoms with van der Waals surface area (Å²) in [5.41, 5.74) is -0.468. The van der Waals surface area contributed by atoms with Gasteiger partial charge in [-0.2, -0.15) is 0 Å². The maximum Gasteiger partial charge on any atom is 0.391 e. The van der Waals surface area contributed by atoms with Gasteiger partial charge in [0.1, 0.15) is 11.3 Å². The molecule has 1 aromatic carbocycles. The minimum Gasteiger partial charge on any atom is -0.868 e. The number of likely N-dealkylation sites (tertiary alicyclic amines) is 1. The molecule has 0 saturated carbocycles. The first-order valence-corrected chi connectivity index (χ1v) is 10.3. The molecular weight excluding hydrogens is 362 g/mol. The summed E-state index contributed by atoms with van der Waals surface area (Å²) in [6.45, 7) is 3.40. The molecule has 0 aliphatic carbocycles. The van der Waals surface area contributed by atoms with Crippen LogP contribution in [0.3, 0.4) is 0 Å². The summed E-state index contributed by atoms with van der Waals surface area (Å²) in [7, 11) is -0.754. The lowest BCUT2D eigenvalue weighted by Crippen LogP contribution is -2.40. The first kappa shape index (κ1) is 18.1. The molecule has 1 saturated heterocycles. The van der Waals surface area contributed by atoms with E-state index in [-0.39, 0.29) is 27.9 Å². The van der Waals surface area contributed by atoms with Gasteiger partial charge in [0.15, 0.2) is 5.75 Å². The van der Waals surface area contributed by atoms with Gasteiger partial charge >= 0.3 is 5.63 Å². The summed E-state index contributed by atoms with van der Waals surface area (Å²) in [5, 5.41) is 13.5. The standard InChI is InChI=1S/C18H20ClNO4S/c1-2-25(11-15(21)20-8-4-3-5-9-20)17-16(22)13-7-6-12(19)10-14(13)24-18(17)23/h6-7,10H,2-5,8-9,11H2,1H3. The number of benzene rings is 1. The first-order chi connectivity index (χ1) is 12.0. The molecular formula is C18H20ClNO4S. The highest BCUT2D eigenvalue weighted by Crippen LogP contribution is 2.30. The van der Waals surface area contributed by atoms with Gasteiger partial charge in [-0.25, -0.2) is 4.79 Å². The lowest BCUT2D eigenvalue weighted by molar-refractivity contribution is -0.270. The molecule has 1 unspecified atom stereocenters. The number of hydrogen-bond donors (Lipinski definition) is 0. The Kier molecular flexibility index (Phi) is 5.59. The molecule has 134 valence electrons. The predicted molar refractivity (Wildman–Crippen MR) is 98.4 cm³/mol. The molecule has 1 fully saturated rings. The van der Waals surface area contributed by atoms with Gasteiger partial charge in [0.2, 0.25) is 4.90 Å². The summed E-state index contributed by atoms with van der Waals surface area (Å²) in [6, 6.07) is 4.63. The number of amides is 1. The molecule has 1 aromatic heterocycles. The monoisotopic (exact) mass is 381 g/mol. The van der Waals surface area contributed by atoms with Crippen molar-refractivity contribution in [2.45, 2.75) is 31.1 Å². The number of carbonyl (C=O) groups is 1. The third kappa shape index (κ3) is 3.80. The average molecular weight is 382 g/mol. The number of hydrogen-bond acceptors (Lipinski definition) is 4. The largest absolute Gasteiger partial charge is 0.868 e. The van der Waals surface area contributed by atoms with E-state index >= 15 is 0 Å². The van der Waals surface area contributed by atoms with Crippen LogP contribution in [0.25, 0.3) is 11.0 Å². The molecule has 1 aliphatic rings. The Morgan fingerprint density at radius 1 is 1.32 bits per heavy atom. The van der Waals surface area contributed by atoms with Crippen molar-refractivity contribution in [1.29, 1.82) is 0 Å². The maximum absolute atomic E-state index is 12.8. The van der Waals surface area contributed by atoms with Crippen LogP contribution in [0.5, 0.6) is 5.75 Å². The van der Waals surface area contributed by atoms with Gasteiger partial charge in [-0.15, -0.1) is 0 Å². The van der Waals surface area contributed by atoms with E-state index in [1.54, 1.807) is 12.1 Å². The van der Waals surface area contributed by atoms with Crippen molar-refractivity contribution in [3.63, 3.8) is 0 Å². The van der Waals surface area contributed by atoms with Gasteiger partial charge < -0.3 is 14.4 Å². The van der Waals surface area contributed by atoms with E-state index in [0.717, 1.165) is 32.4 Å². The molecule has 0 radical (unpaired) electrons. The molecule has 25 heavy (non-hydrogen) atoms. The van der Waals surface area contributed by atoms with Gasteiger partial charge in [-0.1, -0.05) is 17.7 Å². The quantitative estimate of drug-likeness (QED) is 0.602. The van der Waals surface area contributed by atoms with Crippen molar-refractivity contribution in [3.8, 4) is 5.75 Å². The van der Waals surface area contributed by atoms with Crippen LogP contribution in [-0.2, 0) is 15.7 Å². The van der Waals surface area contributed by atoms with Crippen LogP contribution in [-0.4, -0.2) is 35.4 Å². The van der Waals surface area contributed by atoms with Gasteiger partial charge in [-0.05, 0) is 38.0 Å². The summed E-state index contributed by atoms with van der Waals surface area (Å²) in [6.07, 6.45) is 3.17. The van der Waals surface area contributed by atoms with Gasteiger partial charge in [-0.3, -0.25) is 4.79 Å². The van der Waals surface area contributed by atoms with Gasteiger partial charge in [0.25, 0.3) is 5.91 Å². The SMILES string of the molecule is CC[S+](CC(=O)N1CCCCC1)c1c([O-])c2ccc(Cl)cc2oc1=O. The van der Waals surface area contributed by atoms with E-state index in [9.17, 15) is 14.7 Å². The highest BCUT2D eigenvalue weighted by atomic mass is 35.5. The molecule has 1 aliphatic heterocycles. The first-order valence-electron chi connectivity index (χ1n) is 8.40. The second-order valence-electron chi connectivity index (χ2n) is 6.06. The summed E-state index contributed by atoms with van der Waals surface area (Å²) in [5.74, 6) is 0.410. The van der Waals surface area contributed by atoms with Crippen LogP contribution in [0.4, 0.5) is 0 Å². The van der Waals surface area contributed by atoms with Crippen LogP contribution in [0.15, 0.2) is 32.3 Å². The van der Waals surface area contributed by atoms with Crippen LogP contribution in [0, 0.1) is 0 Å². The fraction of sp³-hybridized carbons (Fsp3) is 0.444. The van der Waals surface area contributed by atoms with Crippen LogP contribution >= 0.6 is 11.6 Å². The van der Waals surface area contributed by atoms with Crippen molar-refractivity contribution in [2.24, 2.45) is 0 Å². The van der Waals surface area contributed by atoms with Crippen LogP contribution < -0.4 is 10.7 Å². The third-order valence-corrected chi connectivity index (χ3v) is 6.88. The van der Waals surface area contributed by atoms with Crippen molar-refractivity contribution in [3.05, 3.63) is 33.6 Å². The smallest absolute Gasteiger partial charge is 0.391 e. The predicted octanol–water partition coefficient (Wildman–Crippen LogP) is 2.53. The number of piperidine rings is 1. The zero-order valence-corrected chi connectivity index (χ0v) is 15.6. The van der Waals surface area contributed by atoms with Gasteiger partial charge in [0, 0.05) is 40.5 Å². The molecule has 7 heteroatoms. The van der Waals surface area contributed by atoms with Crippen molar-refractivity contribution >= 4 is 39.4 Å². The number of rotatable bonds is 4. The lowest BCUT2D eigenvalue weighted by atomic mass is 10.1. The highest BCUT2D eigenvalue weighted by molar-refractivity contribution is 7.97. The van der Waals surface area contributed by atoms with E-state index in [1.807, 2.05) is 11.8 Å². The minimum absolute atomic E-state index is 0.0138. The molecule has 0 N–H and O–H groups in total. The highest BCUT2D eigenvalue weighted by Gasteiger charge is 2.32. The number of carbonyl (C=O) groups excluding carboxylic acids is 1. The molecule has 2 aromatic rings. The number of fused-ring (bicyclic) bond motifs is 1. The molecule has 0 spiro atoms. The Bertz CT molecular complexity index is 845. The fourth-order valence-corrected chi connectivity index (χ4v) is 5.01. The Balaban J connectivity index is 1.93. The summed E-state index contributed by atoms with van der Waals surface area (Å²) >= 11 is 5.90. The van der Waals surface area contributed by atoms with E-state index in [1.165, 1.54) is 6.07 Å². The average Bonchev–Trinajstić information content (AvgIpc) is 2.61. The van der Waals surface area contributed by atoms with Crippen molar-refractivity contribution < 1.29 is 14.3 Å². The van der Waals surface area contributed by atoms with Crippen LogP contribution in [0.2, 0.25) is 5.02 Å². The molecule has 3 rings (SSSR count). The molecule has 5 nitrogen and oxygen atoms in total. The molecule has 1 atom stereocenters. The molecule has 1 amide bonds. The number of halogens is 1. The fourth-order valence-electron chi connectivity index (χ4n) is 3.08. The van der Waals surface area contributed by atoms with Gasteiger partial charge in [0.05, 0.1) is 0 Å². The maximum atomic E-state index is 12.8. The summed E-state index contributed by atoms with van der Waals surface area (Å²) < 4.78 is 5.31. The topological polar surface area (TPSA) is 73.6 Å². The zero-order valence-electron chi connectivity index (χ0n) is 14.0. The van der Waals surface area contributed by atoms with E-state index in [4.69, 9.17) is 16.0 Å². The van der Waals surface area contributed by atoms with E-state index in [0.29, 0.717) is 16.2 Å². The van der Waals surface area contributed by atoms with Crippen LogP contribution in [0.1, 0.15) is 26.2 Å². The minimum atomic E-state index is -0.754. The Labute approximate surface area is 153 Å². The third-order valence-electron chi connectivity index (χ3n) is 4.43. The number of nitrogens with zero attached hydrogens (tertiary/aromatic N) is 1. The second kappa shape index (κ2) is 7.70. The Morgan fingerprint density at radius 3 is 2.72 bits per heavy atom. The van der Waals surface area contributed by atoms with Crippen molar-refractivity contribution in [2.75, 3.05) is 24.6 Å². The lowest BCUT2D eigenvalue weighted by Gasteiger charge is -2.26. The normalized spacial score (nSPS) is 16.2. The Morgan fingerprint density at radius 2 is 2.04 bits per heavy atom. The Hall–Kier alpha value is -1.66. The van der Waals surface area contributed by atoms with E-state index in [2.05, 4.69) is 0 Å². The van der Waals surface area contributed by atoms with E-state index < -0.39 is 16.5 Å². The second-order valence-corrected chi connectivity index (χ2v) is 8.75. The molecule has 0 bridgehead atoms. The summed E-state index contributed by atoms with van der Waals surface area (Å²) in [4.78, 5) is 26.9. The molecule has 2 heterocycles.